The molecule has 5 nitrogen and oxygen atoms in total. The van der Waals surface area contributed by atoms with E-state index >= 15 is 0 Å². The highest BCUT2D eigenvalue weighted by atomic mass is 32.2. The Bertz CT molecular complexity index is 721. The normalized spacial score (nSPS) is 12.4. The monoisotopic (exact) mass is 319 g/mol. The molecule has 0 aliphatic heterocycles. The number of benzene rings is 1. The predicted molar refractivity (Wildman–Crippen MR) is 70.2 cm³/mol. The fourth-order valence-corrected chi connectivity index (χ4v) is 2.65. The molecular formula is C12H12F3N3O2S. The Labute approximate surface area is 119 Å². The van der Waals surface area contributed by atoms with Crippen molar-refractivity contribution in [3.05, 3.63) is 42.2 Å². The fourth-order valence-electron chi connectivity index (χ4n) is 1.63. The molecule has 0 bridgehead atoms. The van der Waals surface area contributed by atoms with E-state index in [4.69, 9.17) is 0 Å². The van der Waals surface area contributed by atoms with Crippen molar-refractivity contribution in [2.24, 2.45) is 0 Å². The molecule has 0 unspecified atom stereocenters. The number of aromatic nitrogens is 2. The molecule has 1 heterocycles. The van der Waals surface area contributed by atoms with Crippen LogP contribution in [0.25, 0.3) is 0 Å². The van der Waals surface area contributed by atoms with E-state index in [2.05, 4.69) is 9.82 Å². The number of aryl methyl sites for hydroxylation is 1. The van der Waals surface area contributed by atoms with Gasteiger partial charge in [-0.05, 0) is 31.2 Å². The summed E-state index contributed by atoms with van der Waals surface area (Å²) in [6, 6.07) is 3.28. The first-order chi connectivity index (χ1) is 9.72. The first-order valence-electron chi connectivity index (χ1n) is 5.95. The van der Waals surface area contributed by atoms with Crippen LogP contribution < -0.4 is 4.72 Å². The summed E-state index contributed by atoms with van der Waals surface area (Å²) in [4.78, 5) is -0.250. The smallest absolute Gasteiger partial charge is 0.276 e. The lowest BCUT2D eigenvalue weighted by molar-refractivity contribution is -0.137. The van der Waals surface area contributed by atoms with E-state index in [1.807, 2.05) is 6.92 Å². The van der Waals surface area contributed by atoms with Gasteiger partial charge in [0, 0.05) is 12.7 Å². The number of alkyl halides is 3. The second-order valence-corrected chi connectivity index (χ2v) is 5.89. The van der Waals surface area contributed by atoms with Crippen molar-refractivity contribution in [2.45, 2.75) is 24.5 Å². The zero-order chi connectivity index (χ0) is 15.7. The number of sulfonamides is 1. The van der Waals surface area contributed by atoms with Crippen molar-refractivity contribution >= 4 is 15.7 Å². The summed E-state index contributed by atoms with van der Waals surface area (Å²) in [6.07, 6.45) is -1.69. The van der Waals surface area contributed by atoms with Crippen molar-refractivity contribution in [2.75, 3.05) is 4.72 Å². The van der Waals surface area contributed by atoms with Gasteiger partial charge in [0.05, 0.1) is 22.3 Å². The maximum Gasteiger partial charge on any atom is 0.416 e. The Hall–Kier alpha value is -2.03. The van der Waals surface area contributed by atoms with E-state index in [1.165, 1.54) is 17.1 Å². The molecular weight excluding hydrogens is 307 g/mol. The van der Waals surface area contributed by atoms with Crippen LogP contribution in [-0.4, -0.2) is 18.2 Å². The van der Waals surface area contributed by atoms with Gasteiger partial charge in [0.2, 0.25) is 0 Å². The van der Waals surface area contributed by atoms with Crippen LogP contribution in [0.3, 0.4) is 0 Å². The van der Waals surface area contributed by atoms with Crippen LogP contribution >= 0.6 is 0 Å². The maximum atomic E-state index is 12.4. The van der Waals surface area contributed by atoms with Gasteiger partial charge in [-0.2, -0.15) is 18.3 Å². The van der Waals surface area contributed by atoms with E-state index < -0.39 is 21.8 Å². The molecule has 0 radical (unpaired) electrons. The van der Waals surface area contributed by atoms with Crippen LogP contribution in [0.2, 0.25) is 0 Å². The Morgan fingerprint density at radius 3 is 2.33 bits per heavy atom. The number of hydrogen-bond donors (Lipinski definition) is 1. The van der Waals surface area contributed by atoms with Crippen LogP contribution in [0.15, 0.2) is 41.6 Å². The first-order valence-corrected chi connectivity index (χ1v) is 7.43. The highest BCUT2D eigenvalue weighted by Crippen LogP contribution is 2.29. The molecule has 0 saturated heterocycles. The maximum absolute atomic E-state index is 12.4. The van der Waals surface area contributed by atoms with Gasteiger partial charge in [0.25, 0.3) is 10.0 Å². The average molecular weight is 319 g/mol. The molecule has 2 rings (SSSR count). The minimum absolute atomic E-state index is 0.247. The summed E-state index contributed by atoms with van der Waals surface area (Å²) in [5.41, 5.74) is -0.656. The molecule has 9 heteroatoms. The summed E-state index contributed by atoms with van der Waals surface area (Å²) in [6.45, 7) is 2.41. The minimum atomic E-state index is -4.50. The van der Waals surface area contributed by atoms with Crippen molar-refractivity contribution in [1.82, 2.24) is 9.78 Å². The molecule has 0 amide bonds. The van der Waals surface area contributed by atoms with E-state index in [0.29, 0.717) is 6.54 Å². The molecule has 2 aromatic rings. The Morgan fingerprint density at radius 1 is 1.24 bits per heavy atom. The van der Waals surface area contributed by atoms with Crippen LogP contribution in [0.4, 0.5) is 18.9 Å². The summed E-state index contributed by atoms with van der Waals surface area (Å²) in [7, 11) is -3.94. The van der Waals surface area contributed by atoms with Gasteiger partial charge < -0.3 is 0 Å². The zero-order valence-corrected chi connectivity index (χ0v) is 11.7. The standard InChI is InChI=1S/C12H12F3N3O2S/c1-2-18-8-10(7-16-18)17-21(19,20)11-5-3-9(4-6-11)12(13,14)15/h3-8,17H,2H2,1H3. The lowest BCUT2D eigenvalue weighted by Gasteiger charge is -2.09. The van der Waals surface area contributed by atoms with Gasteiger partial charge in [-0.25, -0.2) is 8.42 Å². The number of anilines is 1. The number of halogens is 3. The van der Waals surface area contributed by atoms with E-state index in [1.54, 1.807) is 0 Å². The van der Waals surface area contributed by atoms with Gasteiger partial charge in [-0.3, -0.25) is 9.40 Å². The molecule has 21 heavy (non-hydrogen) atoms. The van der Waals surface area contributed by atoms with Crippen LogP contribution in [0.1, 0.15) is 12.5 Å². The highest BCUT2D eigenvalue weighted by Gasteiger charge is 2.30. The second kappa shape index (κ2) is 5.40. The molecule has 114 valence electrons. The third-order valence-electron chi connectivity index (χ3n) is 2.70. The van der Waals surface area contributed by atoms with Gasteiger partial charge in [0.1, 0.15) is 0 Å². The summed E-state index contributed by atoms with van der Waals surface area (Å²) in [5, 5.41) is 3.90. The fraction of sp³-hybridized carbons (Fsp3) is 0.250. The molecule has 0 atom stereocenters. The average Bonchev–Trinajstić information content (AvgIpc) is 2.85. The molecule has 0 fully saturated rings. The molecule has 1 aromatic carbocycles. The van der Waals surface area contributed by atoms with Crippen molar-refractivity contribution in [1.29, 1.82) is 0 Å². The number of hydrogen-bond acceptors (Lipinski definition) is 3. The molecule has 0 aliphatic rings. The quantitative estimate of drug-likeness (QED) is 0.942. The van der Waals surface area contributed by atoms with Crippen LogP contribution in [0, 0.1) is 0 Å². The SMILES string of the molecule is CCn1cc(NS(=O)(=O)c2ccc(C(F)(F)F)cc2)cn1. The second-order valence-electron chi connectivity index (χ2n) is 4.21. The Morgan fingerprint density at radius 2 is 1.86 bits per heavy atom. The highest BCUT2D eigenvalue weighted by molar-refractivity contribution is 7.92. The molecule has 1 N–H and O–H groups in total. The molecule has 1 aromatic heterocycles. The van der Waals surface area contributed by atoms with Gasteiger partial charge in [0.15, 0.2) is 0 Å². The summed E-state index contributed by atoms with van der Waals surface area (Å²) < 4.78 is 65.1. The van der Waals surface area contributed by atoms with Gasteiger partial charge in [-0.1, -0.05) is 0 Å². The number of nitrogens with zero attached hydrogens (tertiary/aromatic N) is 2. The largest absolute Gasteiger partial charge is 0.416 e. The molecule has 0 aliphatic carbocycles. The van der Waals surface area contributed by atoms with Crippen LogP contribution in [0.5, 0.6) is 0 Å². The summed E-state index contributed by atoms with van der Waals surface area (Å²) >= 11 is 0. The van der Waals surface area contributed by atoms with E-state index in [0.717, 1.165) is 24.3 Å². The first kappa shape index (κ1) is 15.4. The van der Waals surface area contributed by atoms with Crippen molar-refractivity contribution < 1.29 is 21.6 Å². The Balaban J connectivity index is 2.23. The topological polar surface area (TPSA) is 64.0 Å². The van der Waals surface area contributed by atoms with Crippen LogP contribution in [-0.2, 0) is 22.7 Å². The number of rotatable bonds is 4. The summed E-state index contributed by atoms with van der Waals surface area (Å²) in [5.74, 6) is 0. The third-order valence-corrected chi connectivity index (χ3v) is 4.10. The minimum Gasteiger partial charge on any atom is -0.276 e. The van der Waals surface area contributed by atoms with E-state index in [9.17, 15) is 21.6 Å². The third kappa shape index (κ3) is 3.54. The zero-order valence-electron chi connectivity index (χ0n) is 10.9. The lowest BCUT2D eigenvalue weighted by atomic mass is 10.2. The van der Waals surface area contributed by atoms with Crippen molar-refractivity contribution in [3.8, 4) is 0 Å². The van der Waals surface area contributed by atoms with E-state index in [-0.39, 0.29) is 10.6 Å². The number of nitrogens with one attached hydrogen (secondary N) is 1. The Kier molecular flexibility index (Phi) is 3.95. The predicted octanol–water partition coefficient (Wildman–Crippen LogP) is 2.72. The van der Waals surface area contributed by atoms with Gasteiger partial charge >= 0.3 is 6.18 Å². The van der Waals surface area contributed by atoms with Gasteiger partial charge in [-0.15, -0.1) is 0 Å². The van der Waals surface area contributed by atoms with Crippen molar-refractivity contribution in [3.63, 3.8) is 0 Å². The molecule has 0 saturated carbocycles. The molecule has 0 spiro atoms. The lowest BCUT2D eigenvalue weighted by Crippen LogP contribution is -2.13.